The highest BCUT2D eigenvalue weighted by atomic mass is 19.4. The van der Waals surface area contributed by atoms with Gasteiger partial charge in [-0.25, -0.2) is 0 Å². The van der Waals surface area contributed by atoms with Crippen LogP contribution in [0, 0.1) is 13.8 Å². The van der Waals surface area contributed by atoms with Gasteiger partial charge in [0.1, 0.15) is 0 Å². The molecule has 0 aliphatic carbocycles. The van der Waals surface area contributed by atoms with Gasteiger partial charge in [-0.1, -0.05) is 19.1 Å². The molecule has 0 unspecified atom stereocenters. The summed E-state index contributed by atoms with van der Waals surface area (Å²) in [6, 6.07) is 3.21. The second-order valence-corrected chi connectivity index (χ2v) is 3.46. The fourth-order valence-electron chi connectivity index (χ4n) is 1.70. The Kier molecular flexibility index (Phi) is 2.88. The summed E-state index contributed by atoms with van der Waals surface area (Å²) in [5.41, 5.74) is 1.09. The first-order chi connectivity index (χ1) is 6.36. The molecule has 0 fully saturated rings. The largest absolute Gasteiger partial charge is 0.416 e. The molecule has 14 heavy (non-hydrogen) atoms. The van der Waals surface area contributed by atoms with Crippen molar-refractivity contribution in [3.05, 3.63) is 34.4 Å². The average molecular weight is 202 g/mol. The van der Waals surface area contributed by atoms with E-state index < -0.39 is 11.7 Å². The van der Waals surface area contributed by atoms with E-state index in [2.05, 4.69) is 0 Å². The van der Waals surface area contributed by atoms with Gasteiger partial charge in [0.05, 0.1) is 5.56 Å². The van der Waals surface area contributed by atoms with Crippen LogP contribution in [0.2, 0.25) is 0 Å². The summed E-state index contributed by atoms with van der Waals surface area (Å²) in [6.45, 7) is 4.95. The lowest BCUT2D eigenvalue weighted by Crippen LogP contribution is -2.10. The van der Waals surface area contributed by atoms with Crippen LogP contribution in [0.4, 0.5) is 13.2 Å². The van der Waals surface area contributed by atoms with Gasteiger partial charge in [-0.2, -0.15) is 13.2 Å². The third kappa shape index (κ3) is 2.08. The third-order valence-electron chi connectivity index (χ3n) is 2.28. The summed E-state index contributed by atoms with van der Waals surface area (Å²) in [7, 11) is 0. The van der Waals surface area contributed by atoms with Crippen molar-refractivity contribution in [1.82, 2.24) is 0 Å². The van der Waals surface area contributed by atoms with Crippen molar-refractivity contribution in [2.45, 2.75) is 33.4 Å². The molecule has 0 aromatic heterocycles. The molecule has 0 atom stereocenters. The van der Waals surface area contributed by atoms with Crippen molar-refractivity contribution in [2.75, 3.05) is 0 Å². The lowest BCUT2D eigenvalue weighted by atomic mass is 9.98. The maximum atomic E-state index is 12.5. The smallest absolute Gasteiger partial charge is 0.166 e. The number of hydrogen-bond acceptors (Lipinski definition) is 0. The van der Waals surface area contributed by atoms with Crippen LogP contribution < -0.4 is 0 Å². The molecule has 0 aliphatic heterocycles. The molecule has 1 rings (SSSR count). The maximum absolute atomic E-state index is 12.5. The Hall–Kier alpha value is -0.990. The molecule has 0 saturated heterocycles. The summed E-state index contributed by atoms with van der Waals surface area (Å²) >= 11 is 0. The molecule has 0 radical (unpaired) electrons. The molecule has 1 aromatic carbocycles. The van der Waals surface area contributed by atoms with Gasteiger partial charge in [0.15, 0.2) is 0 Å². The molecule has 0 heterocycles. The maximum Gasteiger partial charge on any atom is 0.416 e. The van der Waals surface area contributed by atoms with Gasteiger partial charge in [0.25, 0.3) is 0 Å². The van der Waals surface area contributed by atoms with Crippen molar-refractivity contribution in [2.24, 2.45) is 0 Å². The van der Waals surface area contributed by atoms with Gasteiger partial charge < -0.3 is 0 Å². The second-order valence-electron chi connectivity index (χ2n) is 3.46. The van der Waals surface area contributed by atoms with Crippen LogP contribution in [0.3, 0.4) is 0 Å². The van der Waals surface area contributed by atoms with Crippen molar-refractivity contribution >= 4 is 0 Å². The molecule has 0 nitrogen and oxygen atoms in total. The average Bonchev–Trinajstić information content (AvgIpc) is 1.99. The Labute approximate surface area is 81.8 Å². The zero-order valence-corrected chi connectivity index (χ0v) is 8.50. The number of alkyl halides is 3. The number of benzene rings is 1. The summed E-state index contributed by atoms with van der Waals surface area (Å²) in [4.78, 5) is 0. The van der Waals surface area contributed by atoms with E-state index in [-0.39, 0.29) is 0 Å². The Morgan fingerprint density at radius 3 is 1.79 bits per heavy atom. The quantitative estimate of drug-likeness (QED) is 0.648. The minimum absolute atomic E-state index is 0.314. The lowest BCUT2D eigenvalue weighted by molar-refractivity contribution is -0.138. The SMILES string of the molecule is CCc1cc(C)c(C(F)(F)F)c(C)c1. The minimum Gasteiger partial charge on any atom is -0.166 e. The van der Waals surface area contributed by atoms with E-state index >= 15 is 0 Å². The molecule has 0 saturated carbocycles. The topological polar surface area (TPSA) is 0 Å². The monoisotopic (exact) mass is 202 g/mol. The number of aryl methyl sites for hydroxylation is 3. The number of halogens is 3. The summed E-state index contributed by atoms with van der Waals surface area (Å²) < 4.78 is 37.6. The van der Waals surface area contributed by atoms with Crippen LogP contribution in [-0.4, -0.2) is 0 Å². The van der Waals surface area contributed by atoms with E-state index in [4.69, 9.17) is 0 Å². The van der Waals surface area contributed by atoms with E-state index in [1.165, 1.54) is 13.8 Å². The first-order valence-electron chi connectivity index (χ1n) is 4.53. The van der Waals surface area contributed by atoms with E-state index in [9.17, 15) is 13.2 Å². The van der Waals surface area contributed by atoms with Gasteiger partial charge >= 0.3 is 6.18 Å². The van der Waals surface area contributed by atoms with E-state index in [1.807, 2.05) is 6.92 Å². The first kappa shape index (κ1) is 11.1. The van der Waals surface area contributed by atoms with Crippen LogP contribution in [0.5, 0.6) is 0 Å². The van der Waals surface area contributed by atoms with Crippen LogP contribution in [-0.2, 0) is 12.6 Å². The fraction of sp³-hybridized carbons (Fsp3) is 0.455. The fourth-order valence-corrected chi connectivity index (χ4v) is 1.70. The molecule has 0 aliphatic rings. The van der Waals surface area contributed by atoms with E-state index in [1.54, 1.807) is 12.1 Å². The normalized spacial score (nSPS) is 11.9. The zero-order valence-electron chi connectivity index (χ0n) is 8.50. The Morgan fingerprint density at radius 2 is 1.50 bits per heavy atom. The lowest BCUT2D eigenvalue weighted by Gasteiger charge is -2.14. The molecule has 3 heteroatoms. The van der Waals surface area contributed by atoms with Crippen molar-refractivity contribution < 1.29 is 13.2 Å². The van der Waals surface area contributed by atoms with Gasteiger partial charge in [0.2, 0.25) is 0 Å². The van der Waals surface area contributed by atoms with Crippen LogP contribution >= 0.6 is 0 Å². The molecular weight excluding hydrogens is 189 g/mol. The minimum atomic E-state index is -4.24. The second kappa shape index (κ2) is 3.64. The van der Waals surface area contributed by atoms with Crippen LogP contribution in [0.15, 0.2) is 12.1 Å². The Bertz CT molecular complexity index is 314. The summed E-state index contributed by atoms with van der Waals surface area (Å²) in [5.74, 6) is 0. The predicted octanol–water partition coefficient (Wildman–Crippen LogP) is 3.88. The molecule has 0 amide bonds. The third-order valence-corrected chi connectivity index (χ3v) is 2.28. The molecule has 0 bridgehead atoms. The summed E-state index contributed by atoms with van der Waals surface area (Å²) in [6.07, 6.45) is -3.47. The Balaban J connectivity index is 3.33. The molecular formula is C11H13F3. The van der Waals surface area contributed by atoms with Crippen molar-refractivity contribution in [3.63, 3.8) is 0 Å². The van der Waals surface area contributed by atoms with Gasteiger partial charge in [-0.3, -0.25) is 0 Å². The standard InChI is InChI=1S/C11H13F3/c1-4-9-5-7(2)10(8(3)6-9)11(12,13)14/h5-6H,4H2,1-3H3. The highest BCUT2D eigenvalue weighted by molar-refractivity contribution is 5.39. The van der Waals surface area contributed by atoms with Gasteiger partial charge in [-0.15, -0.1) is 0 Å². The van der Waals surface area contributed by atoms with E-state index in [0.717, 1.165) is 12.0 Å². The molecule has 0 N–H and O–H groups in total. The molecule has 1 aromatic rings. The number of hydrogen-bond donors (Lipinski definition) is 0. The Morgan fingerprint density at radius 1 is 1.07 bits per heavy atom. The zero-order chi connectivity index (χ0) is 10.9. The van der Waals surface area contributed by atoms with Crippen LogP contribution in [0.1, 0.15) is 29.2 Å². The molecule has 0 spiro atoms. The predicted molar refractivity (Wildman–Crippen MR) is 50.3 cm³/mol. The highest BCUT2D eigenvalue weighted by Gasteiger charge is 2.34. The van der Waals surface area contributed by atoms with Crippen molar-refractivity contribution in [3.8, 4) is 0 Å². The summed E-state index contributed by atoms with van der Waals surface area (Å²) in [5, 5.41) is 0. The van der Waals surface area contributed by atoms with Gasteiger partial charge in [-0.05, 0) is 37.0 Å². The van der Waals surface area contributed by atoms with Crippen LogP contribution in [0.25, 0.3) is 0 Å². The highest BCUT2D eigenvalue weighted by Crippen LogP contribution is 2.34. The van der Waals surface area contributed by atoms with Gasteiger partial charge in [0, 0.05) is 0 Å². The van der Waals surface area contributed by atoms with E-state index in [0.29, 0.717) is 11.1 Å². The van der Waals surface area contributed by atoms with Crippen molar-refractivity contribution in [1.29, 1.82) is 0 Å². The molecule has 78 valence electrons. The number of rotatable bonds is 1. The first-order valence-corrected chi connectivity index (χ1v) is 4.53.